The number of aryl methyl sites for hydroxylation is 3. The Bertz CT molecular complexity index is 2400. The average molecular weight is 659 g/mol. The van der Waals surface area contributed by atoms with E-state index in [1.54, 1.807) is 12.4 Å². The number of nitriles is 1. The van der Waals surface area contributed by atoms with Gasteiger partial charge in [-0.15, -0.1) is 0 Å². The van der Waals surface area contributed by atoms with Gasteiger partial charge < -0.3 is 19.3 Å². The summed E-state index contributed by atoms with van der Waals surface area (Å²) in [7, 11) is -0.340. The van der Waals surface area contributed by atoms with E-state index in [0.29, 0.717) is 5.69 Å². The van der Waals surface area contributed by atoms with E-state index in [1.165, 1.54) is 11.1 Å². The highest BCUT2D eigenvalue weighted by Gasteiger charge is 2.51. The molecule has 248 valence electrons. The van der Waals surface area contributed by atoms with E-state index >= 15 is 0 Å². The molecule has 0 atom stereocenters. The van der Waals surface area contributed by atoms with Gasteiger partial charge in [0.1, 0.15) is 11.8 Å². The van der Waals surface area contributed by atoms with Gasteiger partial charge in [0.25, 0.3) is 0 Å². The Hall–Kier alpha value is -5.56. The van der Waals surface area contributed by atoms with Gasteiger partial charge in [-0.25, -0.2) is 4.98 Å². The van der Waals surface area contributed by atoms with Crippen LogP contribution in [-0.2, 0) is 9.31 Å². The molecule has 6 heterocycles. The second-order valence-corrected chi connectivity index (χ2v) is 14.0. The van der Waals surface area contributed by atoms with Crippen molar-refractivity contribution in [1.29, 1.82) is 5.26 Å². The molecule has 1 aliphatic rings. The van der Waals surface area contributed by atoms with Gasteiger partial charge in [0, 0.05) is 75.5 Å². The van der Waals surface area contributed by atoms with Crippen molar-refractivity contribution in [3.63, 3.8) is 0 Å². The van der Waals surface area contributed by atoms with Crippen LogP contribution in [0.2, 0.25) is 0 Å². The van der Waals surface area contributed by atoms with Crippen molar-refractivity contribution >= 4 is 34.4 Å². The molecule has 0 aliphatic carbocycles. The van der Waals surface area contributed by atoms with Crippen LogP contribution in [0.3, 0.4) is 0 Å². The second kappa shape index (κ2) is 12.7. The van der Waals surface area contributed by atoms with Gasteiger partial charge >= 0.3 is 7.12 Å². The summed E-state index contributed by atoms with van der Waals surface area (Å²) in [6, 6.07) is 24.9. The molecule has 5 aromatic heterocycles. The number of nitrogens with zero attached hydrogens (tertiary/aromatic N) is 4. The summed E-state index contributed by atoms with van der Waals surface area (Å²) < 4.78 is 12.3. The zero-order chi connectivity index (χ0) is 35.2. The first-order valence-electron chi connectivity index (χ1n) is 16.7. The molecule has 50 heavy (non-hydrogen) atoms. The predicted molar refractivity (Wildman–Crippen MR) is 201 cm³/mol. The van der Waals surface area contributed by atoms with E-state index in [1.807, 2.05) is 43.7 Å². The van der Waals surface area contributed by atoms with Crippen LogP contribution < -0.4 is 5.46 Å². The first-order chi connectivity index (χ1) is 23.9. The van der Waals surface area contributed by atoms with Gasteiger partial charge in [0.2, 0.25) is 0 Å². The van der Waals surface area contributed by atoms with Gasteiger partial charge in [-0.1, -0.05) is 18.2 Å². The Kier molecular flexibility index (Phi) is 8.39. The molecule has 1 fully saturated rings. The first kappa shape index (κ1) is 33.0. The lowest BCUT2D eigenvalue weighted by Crippen LogP contribution is -2.41. The number of hydrogen-bond acceptors (Lipinski definition) is 6. The minimum Gasteiger partial charge on any atom is -0.399 e. The fourth-order valence-electron chi connectivity index (χ4n) is 6.28. The van der Waals surface area contributed by atoms with E-state index in [4.69, 9.17) is 14.6 Å². The topological polar surface area (TPSA) is 112 Å². The number of rotatable bonds is 4. The number of fused-ring (bicyclic) bond motifs is 2. The Morgan fingerprint density at radius 2 is 1.20 bits per heavy atom. The molecule has 0 amide bonds. The number of aromatic nitrogens is 5. The summed E-state index contributed by atoms with van der Waals surface area (Å²) in [4.78, 5) is 19.6. The Morgan fingerprint density at radius 1 is 0.640 bits per heavy atom. The van der Waals surface area contributed by atoms with Crippen molar-refractivity contribution in [2.75, 3.05) is 0 Å². The van der Waals surface area contributed by atoms with Gasteiger partial charge in [-0.2, -0.15) is 5.26 Å². The molecule has 0 saturated carbocycles. The molecular formula is C41H39BN6O2. The van der Waals surface area contributed by atoms with E-state index in [9.17, 15) is 0 Å². The molecule has 8 nitrogen and oxygen atoms in total. The number of pyridine rings is 3. The molecule has 9 heteroatoms. The quantitative estimate of drug-likeness (QED) is 0.183. The number of H-pyrrole nitrogens is 2. The third-order valence-electron chi connectivity index (χ3n) is 9.99. The highest BCUT2D eigenvalue weighted by atomic mass is 16.7. The monoisotopic (exact) mass is 658 g/mol. The molecule has 0 bridgehead atoms. The lowest BCUT2D eigenvalue weighted by molar-refractivity contribution is 0.00578. The normalized spacial score (nSPS) is 14.8. The van der Waals surface area contributed by atoms with E-state index in [2.05, 4.69) is 121 Å². The van der Waals surface area contributed by atoms with Crippen LogP contribution in [0, 0.1) is 32.1 Å². The van der Waals surface area contributed by atoms with Gasteiger partial charge in [0.05, 0.1) is 11.2 Å². The average Bonchev–Trinajstić information content (AvgIpc) is 3.77. The summed E-state index contributed by atoms with van der Waals surface area (Å²) >= 11 is 0. The zero-order valence-corrected chi connectivity index (χ0v) is 29.4. The van der Waals surface area contributed by atoms with Gasteiger partial charge in [-0.05, 0) is 130 Å². The van der Waals surface area contributed by atoms with E-state index < -0.39 is 0 Å². The van der Waals surface area contributed by atoms with Crippen LogP contribution in [-0.4, -0.2) is 43.2 Å². The van der Waals surface area contributed by atoms with Crippen molar-refractivity contribution < 1.29 is 9.31 Å². The predicted octanol–water partition coefficient (Wildman–Crippen LogP) is 8.62. The smallest absolute Gasteiger partial charge is 0.399 e. The maximum atomic E-state index is 8.98. The minimum absolute atomic E-state index is 0.331. The third kappa shape index (κ3) is 6.20. The van der Waals surface area contributed by atoms with Crippen molar-refractivity contribution in [1.82, 2.24) is 24.9 Å². The van der Waals surface area contributed by atoms with Crippen LogP contribution in [0.4, 0.5) is 0 Å². The number of aromatic amines is 2. The van der Waals surface area contributed by atoms with Crippen molar-refractivity contribution in [2.45, 2.75) is 59.7 Å². The molecule has 0 unspecified atom stereocenters. The Morgan fingerprint density at radius 3 is 1.74 bits per heavy atom. The van der Waals surface area contributed by atoms with Crippen molar-refractivity contribution in [3.8, 4) is 39.7 Å². The first-order valence-corrected chi connectivity index (χ1v) is 16.7. The molecule has 1 aliphatic heterocycles. The molecule has 2 aromatic carbocycles. The molecule has 8 rings (SSSR count). The van der Waals surface area contributed by atoms with Gasteiger partial charge in [0.15, 0.2) is 0 Å². The zero-order valence-electron chi connectivity index (χ0n) is 29.4. The second-order valence-electron chi connectivity index (χ2n) is 14.0. The van der Waals surface area contributed by atoms with Crippen LogP contribution in [0.1, 0.15) is 50.1 Å². The molecule has 0 spiro atoms. The molecule has 7 aromatic rings. The lowest BCUT2D eigenvalue weighted by atomic mass is 9.78. The van der Waals surface area contributed by atoms with Crippen LogP contribution in [0.15, 0.2) is 97.7 Å². The standard InChI is InChI=1S/C21H16N4.C20H23BN2O2/c1-13-5-6-23-11-19(13)21-9-16-8-15(3-4-20(16)25-21)18-12-24-17(10-22)7-14(18)2;1-13-8-9-22-12-16(13)18-11-14-10-15(6-7-17(14)23-18)21-24-19(2,3)20(4,5)25-21/h3-9,11-12,25H,1-2H3;6-12,23H,1-5H3. The molecular weight excluding hydrogens is 619 g/mol. The highest BCUT2D eigenvalue weighted by Crippen LogP contribution is 2.37. The van der Waals surface area contributed by atoms with Crippen molar-refractivity contribution in [3.05, 3.63) is 120 Å². The summed E-state index contributed by atoms with van der Waals surface area (Å²) in [5.74, 6) is 0. The SMILES string of the molecule is Cc1cc(C#N)ncc1-c1ccc2[nH]c(-c3cnccc3C)cc2c1.Cc1ccncc1-c1cc2cc(B3OC(C)(C)C(C)(C)O3)ccc2[nH]1. The Balaban J connectivity index is 0.000000157. The highest BCUT2D eigenvalue weighted by molar-refractivity contribution is 6.62. The number of nitrogens with one attached hydrogen (secondary N) is 2. The fraction of sp³-hybridized carbons (Fsp3) is 0.220. The van der Waals surface area contributed by atoms with Crippen LogP contribution in [0.25, 0.3) is 55.4 Å². The maximum absolute atomic E-state index is 8.98. The number of hydrogen-bond donors (Lipinski definition) is 2. The summed E-state index contributed by atoms with van der Waals surface area (Å²) in [5, 5.41) is 11.3. The lowest BCUT2D eigenvalue weighted by Gasteiger charge is -2.32. The number of benzene rings is 2. The Labute approximate surface area is 292 Å². The summed E-state index contributed by atoms with van der Waals surface area (Å²) in [6.45, 7) is 14.5. The van der Waals surface area contributed by atoms with Crippen LogP contribution in [0.5, 0.6) is 0 Å². The molecule has 0 radical (unpaired) electrons. The third-order valence-corrected chi connectivity index (χ3v) is 9.99. The molecule has 2 N–H and O–H groups in total. The molecule has 1 saturated heterocycles. The maximum Gasteiger partial charge on any atom is 0.494 e. The van der Waals surface area contributed by atoms with E-state index in [-0.39, 0.29) is 18.3 Å². The van der Waals surface area contributed by atoms with E-state index in [0.717, 1.165) is 66.5 Å². The fourth-order valence-corrected chi connectivity index (χ4v) is 6.28. The van der Waals surface area contributed by atoms with Crippen molar-refractivity contribution in [2.24, 2.45) is 0 Å². The van der Waals surface area contributed by atoms with Crippen LogP contribution >= 0.6 is 0 Å². The largest absolute Gasteiger partial charge is 0.494 e. The summed E-state index contributed by atoms with van der Waals surface area (Å²) in [5.41, 5.74) is 12.9. The summed E-state index contributed by atoms with van der Waals surface area (Å²) in [6.07, 6.45) is 9.18. The van der Waals surface area contributed by atoms with Gasteiger partial charge in [-0.3, -0.25) is 9.97 Å². The minimum atomic E-state index is -0.340.